The molecular weight excluding hydrogens is 296 g/mol. The minimum atomic E-state index is 0.573. The zero-order valence-electron chi connectivity index (χ0n) is 13.9. The average molecular weight is 313 g/mol. The van der Waals surface area contributed by atoms with Gasteiger partial charge in [-0.25, -0.2) is 4.57 Å². The van der Waals surface area contributed by atoms with Crippen molar-refractivity contribution in [2.45, 2.75) is 13.8 Å². The standard InChI is InChI=1S/C21H17N2O/c1-13-7-8-19(23(3)12-13)17-10-20-18(9-14(17)2)16-6-4-5-15(11-22)21(16)24-20/h4-10,12H,1-3H3/q+1. The first-order chi connectivity index (χ1) is 11.6. The lowest BCUT2D eigenvalue weighted by atomic mass is 10.0. The van der Waals surface area contributed by atoms with Crippen molar-refractivity contribution in [2.75, 3.05) is 0 Å². The van der Waals surface area contributed by atoms with Gasteiger partial charge in [0.05, 0.1) is 11.1 Å². The number of furan rings is 1. The molecule has 3 nitrogen and oxygen atoms in total. The van der Waals surface area contributed by atoms with Crippen molar-refractivity contribution in [3.63, 3.8) is 0 Å². The van der Waals surface area contributed by atoms with Gasteiger partial charge in [-0.05, 0) is 43.7 Å². The molecule has 0 radical (unpaired) electrons. The van der Waals surface area contributed by atoms with Crippen molar-refractivity contribution in [2.24, 2.45) is 7.05 Å². The Balaban J connectivity index is 2.04. The monoisotopic (exact) mass is 313 g/mol. The highest BCUT2D eigenvalue weighted by Crippen LogP contribution is 2.34. The summed E-state index contributed by atoms with van der Waals surface area (Å²) in [7, 11) is 2.05. The SMILES string of the molecule is Cc1ccc(-c2cc3oc4c(C#N)cccc4c3cc2C)[n+](C)c1. The van der Waals surface area contributed by atoms with E-state index in [0.29, 0.717) is 11.1 Å². The van der Waals surface area contributed by atoms with E-state index in [2.05, 4.69) is 62.0 Å². The van der Waals surface area contributed by atoms with E-state index in [1.807, 2.05) is 12.1 Å². The molecule has 3 heteroatoms. The van der Waals surface area contributed by atoms with Crippen molar-refractivity contribution >= 4 is 21.9 Å². The van der Waals surface area contributed by atoms with Crippen LogP contribution in [0.4, 0.5) is 0 Å². The van der Waals surface area contributed by atoms with Gasteiger partial charge in [-0.15, -0.1) is 0 Å². The fourth-order valence-corrected chi connectivity index (χ4v) is 3.34. The zero-order chi connectivity index (χ0) is 16.8. The van der Waals surface area contributed by atoms with Gasteiger partial charge in [-0.2, -0.15) is 5.26 Å². The summed E-state index contributed by atoms with van der Waals surface area (Å²) in [5.41, 5.74) is 6.75. The number of rotatable bonds is 1. The quantitative estimate of drug-likeness (QED) is 0.483. The van der Waals surface area contributed by atoms with E-state index in [9.17, 15) is 5.26 Å². The number of hydrogen-bond acceptors (Lipinski definition) is 2. The molecule has 116 valence electrons. The van der Waals surface area contributed by atoms with E-state index in [0.717, 1.165) is 27.6 Å². The second-order valence-corrected chi connectivity index (χ2v) is 6.26. The molecule has 0 fully saturated rings. The van der Waals surface area contributed by atoms with Crippen molar-refractivity contribution < 1.29 is 8.98 Å². The maximum absolute atomic E-state index is 9.30. The van der Waals surface area contributed by atoms with Crippen molar-refractivity contribution in [3.8, 4) is 17.3 Å². The predicted octanol–water partition coefficient (Wildman–Crippen LogP) is 4.57. The third-order valence-corrected chi connectivity index (χ3v) is 4.52. The van der Waals surface area contributed by atoms with Crippen molar-refractivity contribution in [1.82, 2.24) is 0 Å². The summed E-state index contributed by atoms with van der Waals surface area (Å²) in [6, 6.07) is 16.4. The van der Waals surface area contributed by atoms with Crippen LogP contribution < -0.4 is 4.57 Å². The Labute approximate surface area is 140 Å². The fraction of sp³-hybridized carbons (Fsp3) is 0.143. The number of pyridine rings is 1. The summed E-state index contributed by atoms with van der Waals surface area (Å²) >= 11 is 0. The number of para-hydroxylation sites is 1. The average Bonchev–Trinajstić information content (AvgIpc) is 2.92. The Kier molecular flexibility index (Phi) is 3.14. The molecule has 2 heterocycles. The molecule has 24 heavy (non-hydrogen) atoms. The van der Waals surface area contributed by atoms with Crippen LogP contribution in [0, 0.1) is 25.2 Å². The van der Waals surface area contributed by atoms with Gasteiger partial charge in [0.25, 0.3) is 0 Å². The number of fused-ring (bicyclic) bond motifs is 3. The summed E-state index contributed by atoms with van der Waals surface area (Å²) in [6.07, 6.45) is 2.12. The van der Waals surface area contributed by atoms with Gasteiger partial charge in [0, 0.05) is 22.4 Å². The van der Waals surface area contributed by atoms with Gasteiger partial charge in [0.1, 0.15) is 18.7 Å². The van der Waals surface area contributed by atoms with Gasteiger partial charge in [0.2, 0.25) is 5.69 Å². The number of aryl methyl sites for hydroxylation is 3. The lowest BCUT2D eigenvalue weighted by Crippen LogP contribution is -2.31. The molecule has 2 aromatic carbocycles. The Morgan fingerprint density at radius 2 is 1.88 bits per heavy atom. The molecule has 4 rings (SSSR count). The maximum Gasteiger partial charge on any atom is 0.212 e. The summed E-state index contributed by atoms with van der Waals surface area (Å²) in [6.45, 7) is 4.20. The third-order valence-electron chi connectivity index (χ3n) is 4.52. The molecule has 0 aliphatic rings. The van der Waals surface area contributed by atoms with Crippen molar-refractivity contribution in [1.29, 1.82) is 5.26 Å². The first kappa shape index (κ1) is 14.5. The van der Waals surface area contributed by atoms with Crippen LogP contribution in [0.3, 0.4) is 0 Å². The normalized spacial score (nSPS) is 11.1. The van der Waals surface area contributed by atoms with E-state index >= 15 is 0 Å². The number of hydrogen-bond donors (Lipinski definition) is 0. The van der Waals surface area contributed by atoms with Crippen LogP contribution in [0.25, 0.3) is 33.2 Å². The first-order valence-corrected chi connectivity index (χ1v) is 7.91. The predicted molar refractivity (Wildman–Crippen MR) is 94.5 cm³/mol. The molecule has 0 atom stereocenters. The van der Waals surface area contributed by atoms with Gasteiger partial charge >= 0.3 is 0 Å². The summed E-state index contributed by atoms with van der Waals surface area (Å²) in [5.74, 6) is 0. The molecule has 0 bridgehead atoms. The van der Waals surface area contributed by atoms with E-state index in [1.54, 1.807) is 6.07 Å². The molecule has 0 spiro atoms. The van der Waals surface area contributed by atoms with Crippen LogP contribution in [0.15, 0.2) is 53.1 Å². The Bertz CT molecular complexity index is 1150. The summed E-state index contributed by atoms with van der Waals surface area (Å²) in [5, 5.41) is 11.3. The molecule has 0 aliphatic heterocycles. The highest BCUT2D eigenvalue weighted by atomic mass is 16.3. The third kappa shape index (κ3) is 2.08. The molecule has 0 aliphatic carbocycles. The van der Waals surface area contributed by atoms with E-state index in [4.69, 9.17) is 4.42 Å². The Morgan fingerprint density at radius 3 is 2.62 bits per heavy atom. The molecule has 4 aromatic rings. The minimum absolute atomic E-state index is 0.573. The van der Waals surface area contributed by atoms with Gasteiger partial charge in [-0.1, -0.05) is 12.1 Å². The number of nitriles is 1. The lowest BCUT2D eigenvalue weighted by molar-refractivity contribution is -0.660. The highest BCUT2D eigenvalue weighted by Gasteiger charge is 2.17. The lowest BCUT2D eigenvalue weighted by Gasteiger charge is -2.05. The van der Waals surface area contributed by atoms with Crippen LogP contribution in [0.5, 0.6) is 0 Å². The second kappa shape index (κ2) is 5.21. The molecule has 0 amide bonds. The Hall–Kier alpha value is -3.12. The second-order valence-electron chi connectivity index (χ2n) is 6.26. The van der Waals surface area contributed by atoms with Crippen LogP contribution in [-0.4, -0.2) is 0 Å². The van der Waals surface area contributed by atoms with Gasteiger partial charge < -0.3 is 4.42 Å². The van der Waals surface area contributed by atoms with Gasteiger partial charge in [0.15, 0.2) is 11.8 Å². The Morgan fingerprint density at radius 1 is 1.04 bits per heavy atom. The molecular formula is C21H17N2O+. The smallest absolute Gasteiger partial charge is 0.212 e. The van der Waals surface area contributed by atoms with E-state index in [-0.39, 0.29) is 0 Å². The molecule has 0 N–H and O–H groups in total. The van der Waals surface area contributed by atoms with Crippen LogP contribution in [-0.2, 0) is 7.05 Å². The van der Waals surface area contributed by atoms with Crippen molar-refractivity contribution in [3.05, 3.63) is 65.4 Å². The topological polar surface area (TPSA) is 40.8 Å². The van der Waals surface area contributed by atoms with E-state index < -0.39 is 0 Å². The number of nitrogens with zero attached hydrogens (tertiary/aromatic N) is 2. The largest absolute Gasteiger partial charge is 0.455 e. The minimum Gasteiger partial charge on any atom is -0.455 e. The molecule has 2 aromatic heterocycles. The number of benzene rings is 2. The summed E-state index contributed by atoms with van der Waals surface area (Å²) in [4.78, 5) is 0. The highest BCUT2D eigenvalue weighted by molar-refractivity contribution is 6.07. The number of aromatic nitrogens is 1. The maximum atomic E-state index is 9.30. The fourth-order valence-electron chi connectivity index (χ4n) is 3.34. The van der Waals surface area contributed by atoms with Crippen LogP contribution in [0.2, 0.25) is 0 Å². The molecule has 0 unspecified atom stereocenters. The summed E-state index contributed by atoms with van der Waals surface area (Å²) < 4.78 is 8.16. The van der Waals surface area contributed by atoms with Crippen LogP contribution >= 0.6 is 0 Å². The van der Waals surface area contributed by atoms with E-state index in [1.165, 1.54) is 11.1 Å². The first-order valence-electron chi connectivity index (χ1n) is 7.91. The van der Waals surface area contributed by atoms with Crippen LogP contribution in [0.1, 0.15) is 16.7 Å². The molecule has 0 saturated heterocycles. The zero-order valence-corrected chi connectivity index (χ0v) is 13.9. The molecule has 0 saturated carbocycles. The van der Waals surface area contributed by atoms with Gasteiger partial charge in [-0.3, -0.25) is 0 Å².